The Morgan fingerprint density at radius 3 is 2.87 bits per heavy atom. The van der Waals surface area contributed by atoms with E-state index in [9.17, 15) is 0 Å². The highest BCUT2D eigenvalue weighted by molar-refractivity contribution is 9.10. The summed E-state index contributed by atoms with van der Waals surface area (Å²) >= 11 is 3.58. The minimum absolute atomic E-state index is 0.235. The molecule has 15 heavy (non-hydrogen) atoms. The first-order valence-corrected chi connectivity index (χ1v) is 6.10. The number of rotatable bonds is 5. The lowest BCUT2D eigenvalue weighted by atomic mass is 10.0. The molecule has 0 saturated heterocycles. The fourth-order valence-corrected chi connectivity index (χ4v) is 2.01. The molecule has 0 radical (unpaired) electrons. The van der Waals surface area contributed by atoms with Gasteiger partial charge in [0.2, 0.25) is 0 Å². The van der Waals surface area contributed by atoms with Gasteiger partial charge in [0.1, 0.15) is 0 Å². The third-order valence-electron chi connectivity index (χ3n) is 2.34. The van der Waals surface area contributed by atoms with Crippen molar-refractivity contribution in [2.75, 3.05) is 6.54 Å². The van der Waals surface area contributed by atoms with Gasteiger partial charge in [-0.3, -0.25) is 0 Å². The van der Waals surface area contributed by atoms with E-state index < -0.39 is 0 Å². The van der Waals surface area contributed by atoms with Crippen LogP contribution in [0.4, 0.5) is 0 Å². The minimum atomic E-state index is 0.235. The lowest BCUT2D eigenvalue weighted by molar-refractivity contribution is 0.611. The van der Waals surface area contributed by atoms with Crippen molar-refractivity contribution >= 4 is 15.9 Å². The van der Waals surface area contributed by atoms with Crippen molar-refractivity contribution < 1.29 is 0 Å². The number of hydrogen-bond donors (Lipinski definition) is 1. The minimum Gasteiger partial charge on any atom is -0.307 e. The zero-order valence-electron chi connectivity index (χ0n) is 9.39. The summed E-state index contributed by atoms with van der Waals surface area (Å²) in [4.78, 5) is 0. The van der Waals surface area contributed by atoms with Crippen LogP contribution in [0.3, 0.4) is 0 Å². The predicted molar refractivity (Wildman–Crippen MR) is 70.1 cm³/mol. The average molecular weight is 268 g/mol. The molecule has 1 atom stereocenters. The molecular formula is C13H18BrN. The van der Waals surface area contributed by atoms with E-state index in [2.05, 4.69) is 59.9 Å². The fourth-order valence-electron chi connectivity index (χ4n) is 1.52. The van der Waals surface area contributed by atoms with E-state index in [1.807, 2.05) is 6.08 Å². The first-order chi connectivity index (χ1) is 7.19. The molecule has 0 fully saturated rings. The summed E-state index contributed by atoms with van der Waals surface area (Å²) in [6.07, 6.45) is 3.09. The van der Waals surface area contributed by atoms with E-state index in [4.69, 9.17) is 0 Å². The second-order valence-corrected chi connectivity index (χ2v) is 4.55. The Hall–Kier alpha value is -0.600. The molecule has 0 aliphatic rings. The van der Waals surface area contributed by atoms with Gasteiger partial charge in [-0.1, -0.05) is 46.6 Å². The van der Waals surface area contributed by atoms with Crippen LogP contribution in [0.1, 0.15) is 30.5 Å². The number of aryl methyl sites for hydroxylation is 1. The summed E-state index contributed by atoms with van der Waals surface area (Å²) in [5, 5.41) is 3.46. The van der Waals surface area contributed by atoms with Crippen molar-refractivity contribution in [1.82, 2.24) is 5.32 Å². The third-order valence-corrected chi connectivity index (χ3v) is 3.06. The zero-order chi connectivity index (χ0) is 11.3. The van der Waals surface area contributed by atoms with E-state index in [-0.39, 0.29) is 6.04 Å². The summed E-state index contributed by atoms with van der Waals surface area (Å²) in [7, 11) is 0. The van der Waals surface area contributed by atoms with Crippen LogP contribution in [0.2, 0.25) is 0 Å². The monoisotopic (exact) mass is 267 g/mol. The standard InChI is InChI=1S/C13H18BrN/c1-4-8-15-13(5-2)11-9-10(3)6-7-12(11)14/h5-7,9,13,15H,2,4,8H2,1,3H3. The van der Waals surface area contributed by atoms with Gasteiger partial charge in [0.15, 0.2) is 0 Å². The van der Waals surface area contributed by atoms with E-state index >= 15 is 0 Å². The van der Waals surface area contributed by atoms with Crippen LogP contribution in [0, 0.1) is 6.92 Å². The van der Waals surface area contributed by atoms with Gasteiger partial charge >= 0.3 is 0 Å². The Labute approximate surface area is 101 Å². The molecule has 1 aromatic rings. The highest BCUT2D eigenvalue weighted by Gasteiger charge is 2.09. The molecule has 0 aliphatic carbocycles. The molecule has 0 aromatic heterocycles. The molecule has 0 heterocycles. The predicted octanol–water partition coefficient (Wildman–Crippen LogP) is 3.98. The van der Waals surface area contributed by atoms with Crippen LogP contribution in [0.5, 0.6) is 0 Å². The number of benzene rings is 1. The molecule has 2 heteroatoms. The molecule has 0 saturated carbocycles. The highest BCUT2D eigenvalue weighted by Crippen LogP contribution is 2.25. The number of hydrogen-bond acceptors (Lipinski definition) is 1. The SMILES string of the molecule is C=CC(NCCC)c1cc(C)ccc1Br. The highest BCUT2D eigenvalue weighted by atomic mass is 79.9. The quantitative estimate of drug-likeness (QED) is 0.796. The number of halogens is 1. The van der Waals surface area contributed by atoms with Crippen molar-refractivity contribution in [3.63, 3.8) is 0 Å². The van der Waals surface area contributed by atoms with Crippen molar-refractivity contribution in [3.05, 3.63) is 46.5 Å². The van der Waals surface area contributed by atoms with Gasteiger partial charge in [-0.2, -0.15) is 0 Å². The van der Waals surface area contributed by atoms with Crippen LogP contribution in [-0.2, 0) is 0 Å². The molecule has 1 N–H and O–H groups in total. The van der Waals surface area contributed by atoms with Crippen LogP contribution in [0.15, 0.2) is 35.3 Å². The Morgan fingerprint density at radius 2 is 2.27 bits per heavy atom. The van der Waals surface area contributed by atoms with Gasteiger partial charge in [0.05, 0.1) is 6.04 Å². The largest absolute Gasteiger partial charge is 0.307 e. The maximum absolute atomic E-state index is 3.88. The maximum atomic E-state index is 3.88. The van der Waals surface area contributed by atoms with Crippen molar-refractivity contribution in [1.29, 1.82) is 0 Å². The lowest BCUT2D eigenvalue weighted by Crippen LogP contribution is -2.20. The Bertz CT molecular complexity index is 333. The smallest absolute Gasteiger partial charge is 0.0514 e. The van der Waals surface area contributed by atoms with E-state index in [1.165, 1.54) is 11.1 Å². The molecule has 1 rings (SSSR count). The fraction of sp³-hybridized carbons (Fsp3) is 0.385. The van der Waals surface area contributed by atoms with Crippen molar-refractivity contribution in [3.8, 4) is 0 Å². The summed E-state index contributed by atoms with van der Waals surface area (Å²) in [5.74, 6) is 0. The van der Waals surface area contributed by atoms with Gasteiger partial charge in [0, 0.05) is 4.47 Å². The molecule has 1 aromatic carbocycles. The average Bonchev–Trinajstić information content (AvgIpc) is 2.24. The summed E-state index contributed by atoms with van der Waals surface area (Å²) < 4.78 is 1.14. The normalized spacial score (nSPS) is 12.5. The molecule has 82 valence electrons. The van der Waals surface area contributed by atoms with Crippen LogP contribution < -0.4 is 5.32 Å². The van der Waals surface area contributed by atoms with Gasteiger partial charge in [-0.15, -0.1) is 6.58 Å². The van der Waals surface area contributed by atoms with Gasteiger partial charge in [0.25, 0.3) is 0 Å². The van der Waals surface area contributed by atoms with Crippen LogP contribution in [-0.4, -0.2) is 6.54 Å². The van der Waals surface area contributed by atoms with Gasteiger partial charge in [-0.05, 0) is 31.5 Å². The zero-order valence-corrected chi connectivity index (χ0v) is 11.0. The van der Waals surface area contributed by atoms with Gasteiger partial charge in [-0.25, -0.2) is 0 Å². The Kier molecular flexibility index (Phi) is 5.06. The van der Waals surface area contributed by atoms with E-state index in [0.717, 1.165) is 17.4 Å². The molecule has 1 nitrogen and oxygen atoms in total. The maximum Gasteiger partial charge on any atom is 0.0514 e. The second kappa shape index (κ2) is 6.09. The Morgan fingerprint density at radius 1 is 1.53 bits per heavy atom. The summed E-state index contributed by atoms with van der Waals surface area (Å²) in [5.41, 5.74) is 2.54. The molecule has 1 unspecified atom stereocenters. The van der Waals surface area contributed by atoms with Gasteiger partial charge < -0.3 is 5.32 Å². The first kappa shape index (κ1) is 12.5. The topological polar surface area (TPSA) is 12.0 Å². The summed E-state index contributed by atoms with van der Waals surface area (Å²) in [6, 6.07) is 6.63. The lowest BCUT2D eigenvalue weighted by Gasteiger charge is -2.16. The third kappa shape index (κ3) is 3.47. The van der Waals surface area contributed by atoms with E-state index in [1.54, 1.807) is 0 Å². The second-order valence-electron chi connectivity index (χ2n) is 3.69. The molecular weight excluding hydrogens is 250 g/mol. The molecule has 0 amide bonds. The van der Waals surface area contributed by atoms with Crippen molar-refractivity contribution in [2.24, 2.45) is 0 Å². The molecule has 0 aliphatic heterocycles. The first-order valence-electron chi connectivity index (χ1n) is 5.31. The Balaban J connectivity index is 2.90. The van der Waals surface area contributed by atoms with E-state index in [0.29, 0.717) is 0 Å². The summed E-state index contributed by atoms with van der Waals surface area (Å²) in [6.45, 7) is 9.16. The van der Waals surface area contributed by atoms with Crippen LogP contribution in [0.25, 0.3) is 0 Å². The molecule has 0 spiro atoms. The van der Waals surface area contributed by atoms with Crippen molar-refractivity contribution in [2.45, 2.75) is 26.3 Å². The molecule has 0 bridgehead atoms. The number of nitrogens with one attached hydrogen (secondary N) is 1. The van der Waals surface area contributed by atoms with Crippen LogP contribution >= 0.6 is 15.9 Å².